The van der Waals surface area contributed by atoms with Crippen LogP contribution >= 0.6 is 9.58 Å². The molecule has 7 aromatic carbocycles. The fourth-order valence-corrected chi connectivity index (χ4v) is 8.80. The zero-order valence-corrected chi connectivity index (χ0v) is 64.5. The molecule has 486 valence electrons. The number of pyridine rings is 5. The molecule has 0 amide bonds. The van der Waals surface area contributed by atoms with Crippen LogP contribution in [0.1, 0.15) is 88.2 Å². The summed E-state index contributed by atoms with van der Waals surface area (Å²) in [7, 11) is 4.64. The molecule has 0 saturated heterocycles. The van der Waals surface area contributed by atoms with Crippen LogP contribution in [-0.2, 0) is 141 Å². The van der Waals surface area contributed by atoms with Crippen LogP contribution in [-0.4, -0.2) is 41.5 Å². The van der Waals surface area contributed by atoms with E-state index in [2.05, 4.69) is 170 Å². The normalized spacial score (nSPS) is 9.49. The van der Waals surface area contributed by atoms with Crippen molar-refractivity contribution in [3.05, 3.63) is 390 Å². The molecule has 0 bridgehead atoms. The van der Waals surface area contributed by atoms with E-state index in [0.29, 0.717) is 5.56 Å². The smallest absolute Gasteiger partial charge is 0.0504 e. The zero-order chi connectivity index (χ0) is 63.7. The number of aromatic nitrogens is 7. The number of nitrogens with zero attached hydrogens (tertiary/aromatic N) is 8. The van der Waals surface area contributed by atoms with Crippen LogP contribution in [0.4, 0.5) is 0 Å². The average molecular weight is 2140 g/mol. The second kappa shape index (κ2) is 49.1. The second-order valence-electron chi connectivity index (χ2n) is 20.5. The molecule has 6 aromatic heterocycles. The Morgan fingerprint density at radius 3 is 1.30 bits per heavy atom. The number of benzene rings is 7. The van der Waals surface area contributed by atoms with Gasteiger partial charge in [0, 0.05) is 158 Å². The molecule has 13 aromatic rings. The maximum absolute atomic E-state index is 8.64. The van der Waals surface area contributed by atoms with Crippen molar-refractivity contribution in [2.24, 2.45) is 0 Å². The molecule has 13 rings (SSSR count). The Labute approximate surface area is 624 Å². The van der Waals surface area contributed by atoms with Gasteiger partial charge >= 0.3 is 27.5 Å². The molecule has 94 heavy (non-hydrogen) atoms. The first-order valence-electron chi connectivity index (χ1n) is 28.8. The summed E-state index contributed by atoms with van der Waals surface area (Å²) >= 11 is 1.47. The van der Waals surface area contributed by atoms with Crippen molar-refractivity contribution in [3.8, 4) is 11.8 Å². The van der Waals surface area contributed by atoms with E-state index in [4.69, 9.17) is 10.1 Å². The van der Waals surface area contributed by atoms with Crippen molar-refractivity contribution in [1.29, 1.82) is 5.26 Å². The van der Waals surface area contributed by atoms with Gasteiger partial charge in [-0.3, -0.25) is 36.4 Å². The van der Waals surface area contributed by atoms with Crippen molar-refractivity contribution in [2.45, 2.75) is 58.3 Å². The molecule has 9 nitrogen and oxygen atoms in total. The predicted molar refractivity (Wildman–Crippen MR) is 358 cm³/mol. The van der Waals surface area contributed by atoms with Gasteiger partial charge in [-0.15, -0.1) is 11.6 Å². The van der Waals surface area contributed by atoms with Gasteiger partial charge in [-0.05, 0) is 104 Å². The fraction of sp³-hybridized carbons (Fsp3) is 0.114. The molecule has 4 radical (unpaired) electrons. The Morgan fingerprint density at radius 1 is 0.436 bits per heavy atom. The van der Waals surface area contributed by atoms with Crippen LogP contribution in [0.5, 0.6) is 0 Å². The van der Waals surface area contributed by atoms with Crippen molar-refractivity contribution >= 4 is 27.1 Å². The summed E-state index contributed by atoms with van der Waals surface area (Å²) in [6, 6.07) is 101. The van der Waals surface area contributed by atoms with Gasteiger partial charge in [0.15, 0.2) is 0 Å². The van der Waals surface area contributed by atoms with Gasteiger partial charge in [0.2, 0.25) is 0 Å². The maximum atomic E-state index is 8.64. The number of rotatable bonds is 11. The van der Waals surface area contributed by atoms with Crippen LogP contribution < -0.4 is 0 Å². The largest absolute Gasteiger partial charge is 0.266 e. The van der Waals surface area contributed by atoms with E-state index in [1.165, 1.54) is 56.5 Å². The summed E-state index contributed by atoms with van der Waals surface area (Å²) in [6.07, 6.45) is 16.9. The first-order chi connectivity index (χ1) is 44.3. The van der Waals surface area contributed by atoms with Crippen molar-refractivity contribution in [2.75, 3.05) is 0 Å². The number of halogens is 1. The molecular formula is C79H67ClIr5N8O-5. The van der Waals surface area contributed by atoms with Gasteiger partial charge < -0.3 is 4.79 Å². The number of nitriles is 1. The third kappa shape index (κ3) is 31.1. The fourth-order valence-electron chi connectivity index (χ4n) is 8.80. The second-order valence-corrected chi connectivity index (χ2v) is 20.5. The van der Waals surface area contributed by atoms with Gasteiger partial charge in [0.1, 0.15) is 0 Å². The molecule has 0 atom stereocenters. The molecular weight excluding hydrogens is 2070 g/mol. The minimum Gasteiger partial charge on any atom is -0.266 e. The molecule has 0 fully saturated rings. The monoisotopic (exact) mass is 2140 g/mol. The van der Waals surface area contributed by atoms with Crippen LogP contribution in [0.15, 0.2) is 286 Å². The van der Waals surface area contributed by atoms with Crippen LogP contribution in [0.2, 0.25) is 0 Å². The summed E-state index contributed by atoms with van der Waals surface area (Å²) in [5.74, 6) is 0. The van der Waals surface area contributed by atoms with E-state index in [9.17, 15) is 0 Å². The van der Waals surface area contributed by atoms with Crippen LogP contribution in [0, 0.1) is 47.7 Å². The summed E-state index contributed by atoms with van der Waals surface area (Å²) < 4.78 is 1.78. The Balaban J connectivity index is 0.000000378. The van der Waals surface area contributed by atoms with Gasteiger partial charge in [-0.2, -0.15) is 197 Å². The minimum atomic E-state index is 0. The minimum absolute atomic E-state index is 0. The summed E-state index contributed by atoms with van der Waals surface area (Å²) in [6.45, 7) is 9.95. The molecule has 0 spiro atoms. The third-order valence-electron chi connectivity index (χ3n) is 13.0. The Bertz CT molecular complexity index is 3860. The number of hydrogen-bond donors (Lipinski definition) is 0. The van der Waals surface area contributed by atoms with Gasteiger partial charge in [0.25, 0.3) is 0 Å². The zero-order valence-electron chi connectivity index (χ0n) is 51.8. The van der Waals surface area contributed by atoms with Gasteiger partial charge in [-0.1, -0.05) is 80.3 Å². The van der Waals surface area contributed by atoms with Crippen molar-refractivity contribution < 1.29 is 103 Å². The molecule has 0 aliphatic carbocycles. The summed E-state index contributed by atoms with van der Waals surface area (Å²) in [5.41, 5.74) is 14.4. The standard InChI is InChI=1S/C16H12N.C16H18N.C13H9N2.2C12H10N.C9H7N2.CHO.ClH.5Ir/c1-2-6-13(7-3-1)12-16-15-9-5-4-8-14(15)10-11-17-16;1-16(2,3)15-10-5-4-8-13(15)12-14-9-6-7-11-17-14;14-10-12-6-4-11(5-7-12)9-13-3-1-2-8-15-13;2*1-2-6-11(7-3-1)10-12-8-4-5-9-13-12;1-2-5-9(6-3-1)11-8-4-7-10-11;1-2;;;;;;/h1-6,8-11H,12H2;4-7,9-11H,12H2,1-3H3;1-4,6-8H,9H2;2*1-6,8-9H,10H2;1-5,7-8H;1H;1H;;;;;/q7*-1;;;;;;+3/p-1. The van der Waals surface area contributed by atoms with E-state index in [1.807, 2.05) is 201 Å². The molecule has 0 N–H and O–H groups in total. The van der Waals surface area contributed by atoms with E-state index < -0.39 is 0 Å². The number of hydrogen-bond acceptors (Lipinski definition) is 8. The van der Waals surface area contributed by atoms with Gasteiger partial charge in [0.05, 0.1) is 5.69 Å². The first kappa shape index (κ1) is 82.5. The van der Waals surface area contributed by atoms with E-state index in [-0.39, 0.29) is 85.8 Å². The van der Waals surface area contributed by atoms with E-state index >= 15 is 0 Å². The SMILES string of the molecule is CC(C)(C)c1ccc[c-]c1Cc1ccccn1.N#Cc1c[c-]c(Cc2ccccn2)cc1.[CH-]=O.[Cl][Ir+2].[Ir].[Ir].[Ir].[Ir].[c-]1ccccc1-n1cccn1.[c-]1ccccc1Cc1ccccn1.[c-]1ccccc1Cc1ccccn1.[c-]1ccccc1Cc1nccc2ccccc12. The number of para-hydroxylation sites is 1. The summed E-state index contributed by atoms with van der Waals surface area (Å²) in [4.78, 5) is 29.3. The molecule has 0 saturated carbocycles. The average Bonchev–Trinajstić information content (AvgIpc) is 1.03. The van der Waals surface area contributed by atoms with Gasteiger partial charge in [-0.25, -0.2) is 5.26 Å². The van der Waals surface area contributed by atoms with Crippen LogP contribution in [0.3, 0.4) is 0 Å². The molecule has 0 aliphatic heterocycles. The first-order valence-corrected chi connectivity index (χ1v) is 31.7. The quantitative estimate of drug-likeness (QED) is 0.0927. The van der Waals surface area contributed by atoms with Crippen molar-refractivity contribution in [1.82, 2.24) is 34.7 Å². The Hall–Kier alpha value is -7.54. The predicted octanol–water partition coefficient (Wildman–Crippen LogP) is 16.8. The van der Waals surface area contributed by atoms with Crippen molar-refractivity contribution in [3.63, 3.8) is 0 Å². The maximum Gasteiger partial charge on any atom is 0.0504 e. The molecule has 6 heterocycles. The Kier molecular flexibility index (Phi) is 43.1. The Morgan fingerprint density at radius 2 is 0.883 bits per heavy atom. The van der Waals surface area contributed by atoms with E-state index in [0.717, 1.165) is 71.8 Å². The number of fused-ring (bicyclic) bond motifs is 1. The van der Waals surface area contributed by atoms with E-state index in [1.54, 1.807) is 29.2 Å². The van der Waals surface area contributed by atoms with Crippen LogP contribution in [0.25, 0.3) is 16.5 Å². The molecule has 0 unspecified atom stereocenters. The summed E-state index contributed by atoms with van der Waals surface area (Å²) in [5, 5.41) is 15.2. The topological polar surface area (TPSA) is 123 Å². The number of carbonyl (C=O) groups excluding carboxylic acids is 1. The molecule has 0 aliphatic rings. The third-order valence-corrected chi connectivity index (χ3v) is 13.0. The molecule has 15 heteroatoms.